The van der Waals surface area contributed by atoms with Crippen LogP contribution in [-0.4, -0.2) is 12.6 Å². The molecule has 0 N–H and O–H groups in total. The first-order chi connectivity index (χ1) is 23.5. The number of nitrogens with zero attached hydrogens (tertiary/aromatic N) is 2. The standard InChI is InChI=1S/C47H52N2/c1-9-35-14-10-12-16-44(35)48(8)39-23-22-37-29-34(20-21-38(37)30-39)19-18-32(2)28-42-33(3)41-25-24-40(31-43(41)47(42,6)7)49-45-17-13-11-15-36(45)26-27-46(49,4)5/h10,12-14,16-21,24-25,28-31H,2-3,9,11,15,22-23,26-27H2,1,4-8H3/b19-18+,42-28+. The topological polar surface area (TPSA) is 6.48 Å². The highest BCUT2D eigenvalue weighted by Crippen LogP contribution is 2.51. The largest absolute Gasteiger partial charge is 0.348 e. The molecular formula is C47H52N2. The molecule has 0 saturated carbocycles. The molecule has 1 aliphatic heterocycles. The SMILES string of the molecule is C=C(/C=C1\C(=C)c2ccc(N3C4=C(CCC=C4)CCC3(C)C)cc2C1(C)C)/C=C/c1ccc2c(c1)CCC(N(C)c1ccccc1CC)=C2. The van der Waals surface area contributed by atoms with E-state index in [1.54, 1.807) is 5.57 Å². The van der Waals surface area contributed by atoms with Crippen molar-refractivity contribution < 1.29 is 0 Å². The van der Waals surface area contributed by atoms with Crippen LogP contribution in [0.25, 0.3) is 17.7 Å². The monoisotopic (exact) mass is 644 g/mol. The third kappa shape index (κ3) is 6.01. The van der Waals surface area contributed by atoms with Crippen LogP contribution in [0.2, 0.25) is 0 Å². The highest BCUT2D eigenvalue weighted by atomic mass is 15.2. The first-order valence-electron chi connectivity index (χ1n) is 18.2. The Morgan fingerprint density at radius 1 is 0.959 bits per heavy atom. The minimum absolute atomic E-state index is 0.0682. The predicted octanol–water partition coefficient (Wildman–Crippen LogP) is 12.2. The summed E-state index contributed by atoms with van der Waals surface area (Å²) in [7, 11) is 2.21. The molecule has 49 heavy (non-hydrogen) atoms. The number of anilines is 2. The fourth-order valence-corrected chi connectivity index (χ4v) is 8.55. The van der Waals surface area contributed by atoms with Gasteiger partial charge in [-0.3, -0.25) is 0 Å². The van der Waals surface area contributed by atoms with E-state index in [1.807, 2.05) is 0 Å². The number of allylic oxidation sites excluding steroid dienone is 9. The summed E-state index contributed by atoms with van der Waals surface area (Å²) in [4.78, 5) is 4.98. The van der Waals surface area contributed by atoms with Gasteiger partial charge in [-0.2, -0.15) is 0 Å². The van der Waals surface area contributed by atoms with Crippen molar-refractivity contribution in [2.24, 2.45) is 0 Å². The summed E-state index contributed by atoms with van der Waals surface area (Å²) in [5, 5.41) is 0. The van der Waals surface area contributed by atoms with Crippen molar-refractivity contribution in [3.8, 4) is 0 Å². The molecule has 1 heterocycles. The molecule has 0 spiro atoms. The lowest BCUT2D eigenvalue weighted by Gasteiger charge is -2.47. The van der Waals surface area contributed by atoms with Crippen LogP contribution in [0.3, 0.4) is 0 Å². The van der Waals surface area contributed by atoms with Gasteiger partial charge < -0.3 is 9.80 Å². The fourth-order valence-electron chi connectivity index (χ4n) is 8.55. The fraction of sp³-hybridized carbons (Fsp3) is 0.319. The van der Waals surface area contributed by atoms with Gasteiger partial charge in [-0.25, -0.2) is 0 Å². The molecule has 3 aliphatic carbocycles. The molecular weight excluding hydrogens is 593 g/mol. The molecule has 2 nitrogen and oxygen atoms in total. The van der Waals surface area contributed by atoms with Crippen LogP contribution >= 0.6 is 0 Å². The number of hydrogen-bond acceptors (Lipinski definition) is 2. The van der Waals surface area contributed by atoms with Crippen LogP contribution in [-0.2, 0) is 18.3 Å². The zero-order chi connectivity index (χ0) is 34.5. The molecule has 0 atom stereocenters. The van der Waals surface area contributed by atoms with E-state index in [2.05, 4.69) is 162 Å². The van der Waals surface area contributed by atoms with Gasteiger partial charge in [0.05, 0.1) is 0 Å². The van der Waals surface area contributed by atoms with Crippen LogP contribution in [0.1, 0.15) is 100 Å². The van der Waals surface area contributed by atoms with Gasteiger partial charge in [0, 0.05) is 40.8 Å². The lowest BCUT2D eigenvalue weighted by Crippen LogP contribution is -2.46. The van der Waals surface area contributed by atoms with E-state index in [0.717, 1.165) is 36.8 Å². The molecule has 0 radical (unpaired) electrons. The maximum absolute atomic E-state index is 4.60. The molecule has 0 saturated heterocycles. The number of fused-ring (bicyclic) bond motifs is 2. The molecule has 0 amide bonds. The van der Waals surface area contributed by atoms with Crippen LogP contribution in [0.5, 0.6) is 0 Å². The average Bonchev–Trinajstić information content (AvgIpc) is 3.29. The highest BCUT2D eigenvalue weighted by Gasteiger charge is 2.40. The van der Waals surface area contributed by atoms with Crippen LogP contribution < -0.4 is 9.80 Å². The minimum Gasteiger partial charge on any atom is -0.348 e. The Morgan fingerprint density at radius 3 is 2.59 bits per heavy atom. The van der Waals surface area contributed by atoms with E-state index >= 15 is 0 Å². The lowest BCUT2D eigenvalue weighted by molar-refractivity contribution is 0.425. The van der Waals surface area contributed by atoms with E-state index in [4.69, 9.17) is 0 Å². The number of rotatable bonds is 7. The second-order valence-electron chi connectivity index (χ2n) is 15.5. The number of para-hydroxylation sites is 1. The van der Waals surface area contributed by atoms with E-state index in [1.165, 1.54) is 81.0 Å². The Hall–Kier alpha value is -4.56. The van der Waals surface area contributed by atoms with Crippen molar-refractivity contribution in [3.63, 3.8) is 0 Å². The van der Waals surface area contributed by atoms with Crippen molar-refractivity contribution in [1.82, 2.24) is 0 Å². The molecule has 3 aromatic rings. The molecule has 2 heteroatoms. The van der Waals surface area contributed by atoms with Crippen molar-refractivity contribution in [2.75, 3.05) is 16.8 Å². The van der Waals surface area contributed by atoms with Gasteiger partial charge in [0.15, 0.2) is 0 Å². The smallest absolute Gasteiger partial charge is 0.0438 e. The Labute approximate surface area is 295 Å². The van der Waals surface area contributed by atoms with Crippen LogP contribution in [0.4, 0.5) is 11.4 Å². The summed E-state index contributed by atoms with van der Waals surface area (Å²) in [6.45, 7) is 20.8. The summed E-state index contributed by atoms with van der Waals surface area (Å²) in [5.41, 5.74) is 18.2. The van der Waals surface area contributed by atoms with Gasteiger partial charge in [-0.05, 0) is 145 Å². The van der Waals surface area contributed by atoms with E-state index < -0.39 is 0 Å². The molecule has 0 aromatic heterocycles. The van der Waals surface area contributed by atoms with E-state index in [-0.39, 0.29) is 11.0 Å². The van der Waals surface area contributed by atoms with E-state index in [0.29, 0.717) is 0 Å². The third-order valence-corrected chi connectivity index (χ3v) is 11.5. The number of hydrogen-bond donors (Lipinski definition) is 0. The molecule has 0 fully saturated rings. The third-order valence-electron chi connectivity index (χ3n) is 11.5. The van der Waals surface area contributed by atoms with Gasteiger partial charge in [0.1, 0.15) is 0 Å². The highest BCUT2D eigenvalue weighted by molar-refractivity contribution is 5.90. The normalized spacial score (nSPS) is 20.0. The Bertz CT molecular complexity index is 2000. The summed E-state index contributed by atoms with van der Waals surface area (Å²) >= 11 is 0. The summed E-state index contributed by atoms with van der Waals surface area (Å²) in [6, 6.07) is 22.7. The van der Waals surface area contributed by atoms with Crippen molar-refractivity contribution >= 4 is 29.1 Å². The summed E-state index contributed by atoms with van der Waals surface area (Å²) in [6.07, 6.45) is 21.5. The second kappa shape index (κ2) is 12.7. The Kier molecular flexibility index (Phi) is 8.55. The molecule has 7 rings (SSSR count). The van der Waals surface area contributed by atoms with Crippen molar-refractivity contribution in [3.05, 3.63) is 160 Å². The summed E-state index contributed by atoms with van der Waals surface area (Å²) < 4.78 is 0. The number of aryl methyl sites for hydroxylation is 2. The van der Waals surface area contributed by atoms with Gasteiger partial charge in [-0.1, -0.05) is 101 Å². The summed E-state index contributed by atoms with van der Waals surface area (Å²) in [5.74, 6) is 0. The zero-order valence-corrected chi connectivity index (χ0v) is 30.5. The van der Waals surface area contributed by atoms with Gasteiger partial charge in [-0.15, -0.1) is 0 Å². The van der Waals surface area contributed by atoms with Gasteiger partial charge in [0.25, 0.3) is 0 Å². The zero-order valence-electron chi connectivity index (χ0n) is 30.5. The molecule has 3 aromatic carbocycles. The van der Waals surface area contributed by atoms with Crippen LogP contribution in [0, 0.1) is 0 Å². The van der Waals surface area contributed by atoms with Crippen LogP contribution in [0.15, 0.2) is 126 Å². The van der Waals surface area contributed by atoms with Gasteiger partial charge in [0.2, 0.25) is 0 Å². The number of benzene rings is 3. The van der Waals surface area contributed by atoms with Crippen molar-refractivity contribution in [1.29, 1.82) is 0 Å². The molecule has 0 bridgehead atoms. The van der Waals surface area contributed by atoms with Gasteiger partial charge >= 0.3 is 0 Å². The van der Waals surface area contributed by atoms with E-state index in [9.17, 15) is 0 Å². The van der Waals surface area contributed by atoms with Crippen molar-refractivity contribution in [2.45, 2.75) is 90.5 Å². The maximum Gasteiger partial charge on any atom is 0.0438 e. The average molecular weight is 645 g/mol. The lowest BCUT2D eigenvalue weighted by atomic mass is 9.80. The predicted molar refractivity (Wildman–Crippen MR) is 213 cm³/mol. The Morgan fingerprint density at radius 2 is 1.78 bits per heavy atom. The quantitative estimate of drug-likeness (QED) is 0.236. The maximum atomic E-state index is 4.60. The molecule has 0 unspecified atom stereocenters. The first-order valence-corrected chi connectivity index (χ1v) is 18.2. The first kappa shape index (κ1) is 33.0. The Balaban J connectivity index is 1.10. The molecule has 4 aliphatic rings. The second-order valence-corrected chi connectivity index (χ2v) is 15.5. The minimum atomic E-state index is -0.167. The molecule has 250 valence electrons.